The van der Waals surface area contributed by atoms with Crippen LogP contribution < -0.4 is 25.2 Å². The summed E-state index contributed by atoms with van der Waals surface area (Å²) in [5.41, 5.74) is 1.74. The van der Waals surface area contributed by atoms with E-state index < -0.39 is 17.5 Å². The summed E-state index contributed by atoms with van der Waals surface area (Å²) in [6.07, 6.45) is 2.64. The molecule has 2 amide bonds. The molecule has 4 rings (SSSR count). The maximum absolute atomic E-state index is 13.6. The molecular weight excluding hydrogens is 522 g/mol. The first kappa shape index (κ1) is 28.8. The van der Waals surface area contributed by atoms with Gasteiger partial charge in [0.1, 0.15) is 11.3 Å². The number of benzene rings is 1. The normalized spacial score (nSPS) is 22.4. The third kappa shape index (κ3) is 5.88. The number of rotatable bonds is 4. The number of alkyl carbamates (subject to hydrolysis) is 1. The molecule has 10 heteroatoms. The summed E-state index contributed by atoms with van der Waals surface area (Å²) < 4.78 is 18.1. The van der Waals surface area contributed by atoms with E-state index in [1.165, 1.54) is 4.90 Å². The van der Waals surface area contributed by atoms with Crippen LogP contribution in [-0.4, -0.2) is 41.5 Å². The number of hydrogen-bond donors (Lipinski definition) is 2. The van der Waals surface area contributed by atoms with Gasteiger partial charge in [0.05, 0.1) is 5.02 Å². The summed E-state index contributed by atoms with van der Waals surface area (Å²) in [5.74, 6) is -0.445. The van der Waals surface area contributed by atoms with Gasteiger partial charge < -0.3 is 29.4 Å². The largest absolute Gasteiger partial charge is 0.448 e. The molecule has 2 N–H and O–H groups in total. The molecule has 9 nitrogen and oxygen atoms in total. The van der Waals surface area contributed by atoms with Crippen molar-refractivity contribution >= 4 is 29.3 Å². The maximum atomic E-state index is 13.6. The number of ether oxygens (including phenoxy) is 3. The molecule has 0 unspecified atom stereocenters. The van der Waals surface area contributed by atoms with Crippen LogP contribution in [0.25, 0.3) is 0 Å². The van der Waals surface area contributed by atoms with E-state index in [1.54, 1.807) is 33.9 Å². The number of H-pyrrole nitrogens is 1. The Kier molecular flexibility index (Phi) is 7.69. The zero-order valence-corrected chi connectivity index (χ0v) is 24.7. The Bertz CT molecular complexity index is 1360. The van der Waals surface area contributed by atoms with E-state index in [2.05, 4.69) is 10.3 Å². The Balaban J connectivity index is 1.50. The quantitative estimate of drug-likeness (QED) is 0.490. The van der Waals surface area contributed by atoms with Gasteiger partial charge in [-0.1, -0.05) is 11.6 Å². The van der Waals surface area contributed by atoms with Gasteiger partial charge in [-0.05, 0) is 84.9 Å². The van der Waals surface area contributed by atoms with Gasteiger partial charge in [0.25, 0.3) is 17.3 Å². The number of aromatic nitrogens is 1. The van der Waals surface area contributed by atoms with Crippen molar-refractivity contribution < 1.29 is 23.8 Å². The van der Waals surface area contributed by atoms with Gasteiger partial charge >= 0.3 is 6.09 Å². The number of nitrogens with zero attached hydrogens (tertiary/aromatic N) is 1. The van der Waals surface area contributed by atoms with Crippen molar-refractivity contribution in [3.63, 3.8) is 0 Å². The van der Waals surface area contributed by atoms with Crippen LogP contribution in [-0.2, 0) is 4.74 Å². The topological polar surface area (TPSA) is 110 Å². The van der Waals surface area contributed by atoms with Gasteiger partial charge in [-0.15, -0.1) is 0 Å². The zero-order valence-electron chi connectivity index (χ0n) is 23.9. The second-order valence-corrected chi connectivity index (χ2v) is 12.2. The number of carbonyl (C=O) groups excluding carboxylic acids is 2. The van der Waals surface area contributed by atoms with Gasteiger partial charge in [-0.2, -0.15) is 0 Å². The fourth-order valence-electron chi connectivity index (χ4n) is 5.52. The van der Waals surface area contributed by atoms with Crippen LogP contribution in [0.15, 0.2) is 16.9 Å². The molecule has 1 aromatic heterocycles. The molecule has 1 fully saturated rings. The lowest BCUT2D eigenvalue weighted by Crippen LogP contribution is -2.48. The third-order valence-corrected chi connectivity index (χ3v) is 7.72. The summed E-state index contributed by atoms with van der Waals surface area (Å²) in [6.45, 7) is 12.8. The Morgan fingerprint density at radius 2 is 1.72 bits per heavy atom. The van der Waals surface area contributed by atoms with Crippen LogP contribution in [0.5, 0.6) is 11.5 Å². The van der Waals surface area contributed by atoms with Crippen LogP contribution in [0.4, 0.5) is 10.5 Å². The summed E-state index contributed by atoms with van der Waals surface area (Å²) in [6, 6.07) is 3.41. The van der Waals surface area contributed by atoms with Gasteiger partial charge in [0.15, 0.2) is 11.5 Å². The number of carbonyl (C=O) groups is 2. The fraction of sp³-hybridized carbons (Fsp3) is 0.552. The lowest BCUT2D eigenvalue weighted by Gasteiger charge is -2.37. The lowest BCUT2D eigenvalue weighted by molar-refractivity contribution is -0.121. The van der Waals surface area contributed by atoms with E-state index in [-0.39, 0.29) is 34.1 Å². The van der Waals surface area contributed by atoms with E-state index in [0.29, 0.717) is 28.2 Å². The van der Waals surface area contributed by atoms with E-state index >= 15 is 0 Å². The first-order chi connectivity index (χ1) is 18.1. The highest BCUT2D eigenvalue weighted by molar-refractivity contribution is 6.33. The molecule has 39 heavy (non-hydrogen) atoms. The number of halogens is 1. The van der Waals surface area contributed by atoms with Crippen LogP contribution in [0, 0.1) is 26.7 Å². The van der Waals surface area contributed by atoms with Crippen molar-refractivity contribution in [1.29, 1.82) is 0 Å². The molecule has 2 aromatic rings. The second-order valence-electron chi connectivity index (χ2n) is 11.8. The molecular formula is C29H38ClN3O6. The van der Waals surface area contributed by atoms with Crippen LogP contribution in [0.2, 0.25) is 5.02 Å². The molecule has 212 valence electrons. The van der Waals surface area contributed by atoms with Crippen LogP contribution in [0.3, 0.4) is 0 Å². The van der Waals surface area contributed by atoms with Crippen LogP contribution >= 0.6 is 11.6 Å². The van der Waals surface area contributed by atoms with Crippen molar-refractivity contribution in [3.8, 4) is 11.5 Å². The molecule has 1 aliphatic heterocycles. The van der Waals surface area contributed by atoms with Crippen molar-refractivity contribution in [1.82, 2.24) is 10.3 Å². The number of fused-ring (bicyclic) bond motifs is 1. The molecule has 1 saturated carbocycles. The summed E-state index contributed by atoms with van der Waals surface area (Å²) in [7, 11) is 1.57. The fourth-order valence-corrected chi connectivity index (χ4v) is 5.75. The summed E-state index contributed by atoms with van der Waals surface area (Å²) in [4.78, 5) is 42.5. The average Bonchev–Trinajstić information content (AvgIpc) is 3.19. The number of nitrogens with one attached hydrogen (secondary N) is 2. The number of amides is 2. The number of anilines is 1. The van der Waals surface area contributed by atoms with Crippen molar-refractivity contribution in [2.24, 2.45) is 5.92 Å². The van der Waals surface area contributed by atoms with Gasteiger partial charge in [0.2, 0.25) is 0 Å². The van der Waals surface area contributed by atoms with Gasteiger partial charge in [0, 0.05) is 42.8 Å². The zero-order chi connectivity index (χ0) is 28.9. The number of aromatic amines is 1. The van der Waals surface area contributed by atoms with E-state index in [9.17, 15) is 14.4 Å². The van der Waals surface area contributed by atoms with E-state index in [4.69, 9.17) is 25.8 Å². The molecule has 0 saturated heterocycles. The van der Waals surface area contributed by atoms with Crippen molar-refractivity contribution in [2.45, 2.75) is 91.6 Å². The first-order valence-corrected chi connectivity index (χ1v) is 13.7. The van der Waals surface area contributed by atoms with Crippen molar-refractivity contribution in [2.75, 3.05) is 11.9 Å². The first-order valence-electron chi connectivity index (χ1n) is 13.3. The Labute approximate surface area is 234 Å². The highest BCUT2D eigenvalue weighted by atomic mass is 35.5. The van der Waals surface area contributed by atoms with Gasteiger partial charge in [-0.3, -0.25) is 9.59 Å². The molecule has 1 atom stereocenters. The molecule has 2 heterocycles. The Morgan fingerprint density at radius 1 is 1.10 bits per heavy atom. The minimum absolute atomic E-state index is 0.0157. The highest BCUT2D eigenvalue weighted by Gasteiger charge is 2.47. The minimum atomic E-state index is -0.966. The molecule has 0 bridgehead atoms. The second kappa shape index (κ2) is 10.4. The molecule has 1 aliphatic carbocycles. The predicted octanol–water partition coefficient (Wildman–Crippen LogP) is 5.80. The Hall–Kier alpha value is -3.20. The maximum Gasteiger partial charge on any atom is 0.407 e. The summed E-state index contributed by atoms with van der Waals surface area (Å²) >= 11 is 6.62. The minimum Gasteiger partial charge on any atom is -0.448 e. The Morgan fingerprint density at radius 3 is 2.31 bits per heavy atom. The molecule has 1 aromatic carbocycles. The molecule has 0 spiro atoms. The number of pyridine rings is 1. The standard InChI is InChI=1S/C29H38ClN3O6/c1-15-13-16(2)31-25(34)22(15)33(8)26(35)20-14-21(30)24-23(17(20)3)37-29(7,38-24)18-9-11-19(12-10-18)32-27(36)39-28(4,5)6/h13-14,18-19H,9-12H2,1-8H3,(H,31,34)(H,32,36)/t18?,19?,29-/m1/s1. The van der Waals surface area contributed by atoms with Crippen molar-refractivity contribution in [3.05, 3.63) is 49.9 Å². The predicted molar refractivity (Wildman–Crippen MR) is 150 cm³/mol. The average molecular weight is 560 g/mol. The van der Waals surface area contributed by atoms with Gasteiger partial charge in [-0.25, -0.2) is 4.79 Å². The number of hydrogen-bond acceptors (Lipinski definition) is 6. The highest BCUT2D eigenvalue weighted by Crippen LogP contribution is 2.51. The SMILES string of the molecule is Cc1cc(C)c(N(C)C(=O)c2cc(Cl)c3c(c2C)O[C@@](C)(C2CCC(NC(=O)OC(C)(C)C)CC2)O3)c(=O)[nH]1. The van der Waals surface area contributed by atoms with Crippen LogP contribution in [0.1, 0.15) is 80.6 Å². The third-order valence-electron chi connectivity index (χ3n) is 7.44. The smallest absolute Gasteiger partial charge is 0.407 e. The van der Waals surface area contributed by atoms with E-state index in [1.807, 2.05) is 33.8 Å². The molecule has 2 aliphatic rings. The summed E-state index contributed by atoms with van der Waals surface area (Å²) in [5, 5.41) is 3.23. The lowest BCUT2D eigenvalue weighted by atomic mass is 9.81. The van der Waals surface area contributed by atoms with E-state index in [0.717, 1.165) is 31.4 Å². The number of aryl methyl sites for hydroxylation is 2. The monoisotopic (exact) mass is 559 g/mol. The molecule has 0 radical (unpaired) electrons.